The summed E-state index contributed by atoms with van der Waals surface area (Å²) in [6.07, 6.45) is 5.12. The molecule has 1 fully saturated rings. The lowest BCUT2D eigenvalue weighted by atomic mass is 10.1. The first-order valence-corrected chi connectivity index (χ1v) is 9.48. The highest BCUT2D eigenvalue weighted by molar-refractivity contribution is 6.74. The molecule has 0 amide bonds. The Bertz CT molecular complexity index is 271. The molecule has 1 aliphatic carbocycles. The summed E-state index contributed by atoms with van der Waals surface area (Å²) in [5.74, 6) is 1.10. The average Bonchev–Trinajstić information content (AvgIpc) is 2.62. The fourth-order valence-electron chi connectivity index (χ4n) is 2.04. The SMILES string of the molecule is CC(C)(C)[Si](C)(C)OC[C@H]1CC[C@@H](/C=N\O)C1. The first-order valence-electron chi connectivity index (χ1n) is 6.58. The minimum atomic E-state index is -1.60. The van der Waals surface area contributed by atoms with Crippen LogP contribution in [0.5, 0.6) is 0 Å². The van der Waals surface area contributed by atoms with Crippen molar-refractivity contribution in [3.63, 3.8) is 0 Å². The Morgan fingerprint density at radius 2 is 2.00 bits per heavy atom. The summed E-state index contributed by atoms with van der Waals surface area (Å²) in [5, 5.41) is 12.0. The van der Waals surface area contributed by atoms with Crippen LogP contribution in [0.4, 0.5) is 0 Å². The Balaban J connectivity index is 2.38. The average molecular weight is 257 g/mol. The van der Waals surface area contributed by atoms with Gasteiger partial charge in [0.05, 0.1) is 0 Å². The summed E-state index contributed by atoms with van der Waals surface area (Å²) in [4.78, 5) is 0. The van der Waals surface area contributed by atoms with E-state index >= 15 is 0 Å². The standard InChI is InChI=1S/C13H27NO2Si/c1-13(2,3)17(4,5)16-10-12-7-6-11(8-12)9-14-15/h9,11-12,15H,6-8,10H2,1-5H3/b14-9-/t11-,12+/m1/s1. The molecule has 0 bridgehead atoms. The van der Waals surface area contributed by atoms with Crippen LogP contribution >= 0.6 is 0 Å². The third-order valence-electron chi connectivity index (χ3n) is 4.35. The lowest BCUT2D eigenvalue weighted by molar-refractivity contribution is 0.229. The summed E-state index contributed by atoms with van der Waals surface area (Å²) >= 11 is 0. The molecule has 2 atom stereocenters. The van der Waals surface area contributed by atoms with E-state index in [-0.39, 0.29) is 5.04 Å². The minimum absolute atomic E-state index is 0.289. The zero-order valence-electron chi connectivity index (χ0n) is 11.9. The second-order valence-corrected chi connectivity index (χ2v) is 11.6. The molecule has 0 aromatic rings. The Morgan fingerprint density at radius 3 is 2.53 bits per heavy atom. The van der Waals surface area contributed by atoms with Crippen molar-refractivity contribution in [2.75, 3.05) is 6.61 Å². The van der Waals surface area contributed by atoms with E-state index in [0.717, 1.165) is 19.4 Å². The van der Waals surface area contributed by atoms with Gasteiger partial charge in [-0.1, -0.05) is 20.8 Å². The second kappa shape index (κ2) is 5.53. The van der Waals surface area contributed by atoms with Crippen molar-refractivity contribution in [2.45, 2.75) is 58.2 Å². The molecule has 0 heterocycles. The van der Waals surface area contributed by atoms with Crippen LogP contribution in [0.3, 0.4) is 0 Å². The zero-order valence-corrected chi connectivity index (χ0v) is 12.9. The molecule has 17 heavy (non-hydrogen) atoms. The van der Waals surface area contributed by atoms with Crippen LogP contribution in [0.2, 0.25) is 18.1 Å². The largest absolute Gasteiger partial charge is 0.417 e. The number of hydrogen-bond acceptors (Lipinski definition) is 3. The van der Waals surface area contributed by atoms with E-state index < -0.39 is 8.32 Å². The zero-order chi connectivity index (χ0) is 13.1. The smallest absolute Gasteiger partial charge is 0.191 e. The predicted molar refractivity (Wildman–Crippen MR) is 74.3 cm³/mol. The van der Waals surface area contributed by atoms with E-state index in [1.807, 2.05) is 0 Å². The molecule has 1 N–H and O–H groups in total. The van der Waals surface area contributed by atoms with Gasteiger partial charge in [0.1, 0.15) is 0 Å². The molecule has 100 valence electrons. The van der Waals surface area contributed by atoms with Crippen molar-refractivity contribution in [2.24, 2.45) is 17.0 Å². The van der Waals surface area contributed by atoms with Gasteiger partial charge in [0.25, 0.3) is 0 Å². The number of oxime groups is 1. The predicted octanol–water partition coefficient (Wildman–Crippen LogP) is 3.88. The normalized spacial score (nSPS) is 26.9. The molecule has 0 aliphatic heterocycles. The van der Waals surface area contributed by atoms with Crippen LogP contribution in [-0.4, -0.2) is 26.3 Å². The maximum absolute atomic E-state index is 8.52. The van der Waals surface area contributed by atoms with Gasteiger partial charge in [0.2, 0.25) is 0 Å². The van der Waals surface area contributed by atoms with Crippen molar-refractivity contribution in [3.05, 3.63) is 0 Å². The molecule has 1 saturated carbocycles. The quantitative estimate of drug-likeness (QED) is 0.359. The molecule has 0 spiro atoms. The summed E-state index contributed by atoms with van der Waals surface area (Å²) in [6.45, 7) is 12.3. The number of hydrogen-bond donors (Lipinski definition) is 1. The first kappa shape index (κ1) is 14.7. The molecule has 4 heteroatoms. The van der Waals surface area contributed by atoms with Gasteiger partial charge in [-0.25, -0.2) is 0 Å². The summed E-state index contributed by atoms with van der Waals surface area (Å²) in [6, 6.07) is 0. The molecule has 0 saturated heterocycles. The molecular weight excluding hydrogens is 230 g/mol. The minimum Gasteiger partial charge on any atom is -0.417 e. The van der Waals surface area contributed by atoms with Crippen LogP contribution in [-0.2, 0) is 4.43 Å². The van der Waals surface area contributed by atoms with Gasteiger partial charge in [0.15, 0.2) is 8.32 Å². The fraction of sp³-hybridized carbons (Fsp3) is 0.923. The third-order valence-corrected chi connectivity index (χ3v) is 8.85. The summed E-state index contributed by atoms with van der Waals surface area (Å²) < 4.78 is 6.24. The molecule has 0 aromatic heterocycles. The Morgan fingerprint density at radius 1 is 1.35 bits per heavy atom. The molecule has 0 aromatic carbocycles. The van der Waals surface area contributed by atoms with Gasteiger partial charge >= 0.3 is 0 Å². The fourth-order valence-corrected chi connectivity index (χ4v) is 3.12. The highest BCUT2D eigenvalue weighted by Gasteiger charge is 2.38. The van der Waals surface area contributed by atoms with Gasteiger partial charge in [-0.05, 0) is 49.2 Å². The van der Waals surface area contributed by atoms with Gasteiger partial charge in [-0.2, -0.15) is 0 Å². The summed E-state index contributed by atoms with van der Waals surface area (Å²) in [7, 11) is -1.60. The topological polar surface area (TPSA) is 41.8 Å². The highest BCUT2D eigenvalue weighted by atomic mass is 28.4. The molecule has 3 nitrogen and oxygen atoms in total. The van der Waals surface area contributed by atoms with Gasteiger partial charge < -0.3 is 9.63 Å². The lowest BCUT2D eigenvalue weighted by Gasteiger charge is -2.37. The first-order chi connectivity index (χ1) is 7.76. The van der Waals surface area contributed by atoms with Crippen LogP contribution in [0, 0.1) is 11.8 Å². The van der Waals surface area contributed by atoms with Crippen LogP contribution < -0.4 is 0 Å². The third kappa shape index (κ3) is 4.10. The van der Waals surface area contributed by atoms with Crippen LogP contribution in [0.15, 0.2) is 5.16 Å². The molecule has 0 radical (unpaired) electrons. The van der Waals surface area contributed by atoms with Crippen molar-refractivity contribution in [1.82, 2.24) is 0 Å². The number of nitrogens with zero attached hydrogens (tertiary/aromatic N) is 1. The van der Waals surface area contributed by atoms with Crippen molar-refractivity contribution in [3.8, 4) is 0 Å². The molecule has 1 aliphatic rings. The van der Waals surface area contributed by atoms with Crippen molar-refractivity contribution < 1.29 is 9.63 Å². The van der Waals surface area contributed by atoms with E-state index in [1.54, 1.807) is 6.21 Å². The Hall–Kier alpha value is -0.353. The van der Waals surface area contributed by atoms with Crippen molar-refractivity contribution >= 4 is 14.5 Å². The van der Waals surface area contributed by atoms with E-state index in [0.29, 0.717) is 11.8 Å². The van der Waals surface area contributed by atoms with E-state index in [1.165, 1.54) is 6.42 Å². The second-order valence-electron chi connectivity index (χ2n) is 6.78. The lowest BCUT2D eigenvalue weighted by Crippen LogP contribution is -2.41. The Kier molecular flexibility index (Phi) is 4.78. The van der Waals surface area contributed by atoms with E-state index in [2.05, 4.69) is 39.0 Å². The van der Waals surface area contributed by atoms with Crippen LogP contribution in [0.1, 0.15) is 40.0 Å². The Labute approximate surface area is 106 Å². The summed E-state index contributed by atoms with van der Waals surface area (Å²) in [5.41, 5.74) is 0. The maximum Gasteiger partial charge on any atom is 0.191 e. The maximum atomic E-state index is 8.52. The van der Waals surface area contributed by atoms with E-state index in [4.69, 9.17) is 9.63 Å². The molecule has 0 unspecified atom stereocenters. The van der Waals surface area contributed by atoms with Gasteiger partial charge in [0, 0.05) is 12.8 Å². The van der Waals surface area contributed by atoms with Crippen LogP contribution in [0.25, 0.3) is 0 Å². The van der Waals surface area contributed by atoms with Crippen molar-refractivity contribution in [1.29, 1.82) is 0 Å². The van der Waals surface area contributed by atoms with Gasteiger partial charge in [-0.3, -0.25) is 0 Å². The molecular formula is C13H27NO2Si. The monoisotopic (exact) mass is 257 g/mol. The molecule has 1 rings (SSSR count). The van der Waals surface area contributed by atoms with E-state index in [9.17, 15) is 0 Å². The number of rotatable bonds is 4. The highest BCUT2D eigenvalue weighted by Crippen LogP contribution is 2.38. The van der Waals surface area contributed by atoms with Gasteiger partial charge in [-0.15, -0.1) is 5.16 Å².